The fourth-order valence-electron chi connectivity index (χ4n) is 2.39. The van der Waals surface area contributed by atoms with Crippen LogP contribution in [0, 0.1) is 0 Å². The van der Waals surface area contributed by atoms with E-state index >= 15 is 0 Å². The van der Waals surface area contributed by atoms with Crippen LogP contribution in [0.5, 0.6) is 0 Å². The number of halogens is 1. The van der Waals surface area contributed by atoms with E-state index in [0.29, 0.717) is 16.9 Å². The Balaban J connectivity index is 1.90. The van der Waals surface area contributed by atoms with E-state index in [4.69, 9.17) is 5.73 Å². The zero-order valence-corrected chi connectivity index (χ0v) is 15.9. The Morgan fingerprint density at radius 2 is 1.54 bits per heavy atom. The third-order valence-corrected chi connectivity index (χ3v) is 5.90. The predicted molar refractivity (Wildman–Crippen MR) is 105 cm³/mol. The summed E-state index contributed by atoms with van der Waals surface area (Å²) < 4.78 is 26.3. The minimum atomic E-state index is -3.73. The molecule has 7 heteroatoms. The summed E-state index contributed by atoms with van der Waals surface area (Å²) in [7, 11) is -3.73. The summed E-state index contributed by atoms with van der Waals surface area (Å²) in [4.78, 5) is 12.5. The highest BCUT2D eigenvalue weighted by molar-refractivity contribution is 9.10. The summed E-state index contributed by atoms with van der Waals surface area (Å²) in [5.74, 6) is -0.329. The molecule has 0 bridgehead atoms. The van der Waals surface area contributed by atoms with Crippen molar-refractivity contribution in [2.45, 2.75) is 9.79 Å². The molecule has 132 valence electrons. The molecule has 0 aromatic heterocycles. The Kier molecular flexibility index (Phi) is 5.11. The summed E-state index contributed by atoms with van der Waals surface area (Å²) in [6.07, 6.45) is 0. The van der Waals surface area contributed by atoms with Gasteiger partial charge in [0.25, 0.3) is 5.91 Å². The molecule has 1 amide bonds. The Morgan fingerprint density at radius 3 is 2.23 bits per heavy atom. The summed E-state index contributed by atoms with van der Waals surface area (Å²) in [6.45, 7) is 0. The minimum absolute atomic E-state index is 0.0788. The molecule has 0 radical (unpaired) electrons. The van der Waals surface area contributed by atoms with E-state index in [0.717, 1.165) is 4.47 Å². The molecular formula is C19H15BrN2O3S. The largest absolute Gasteiger partial charge is 0.399 e. The van der Waals surface area contributed by atoms with E-state index in [-0.39, 0.29) is 15.7 Å². The average molecular weight is 431 g/mol. The van der Waals surface area contributed by atoms with Crippen molar-refractivity contribution >= 4 is 43.0 Å². The van der Waals surface area contributed by atoms with Crippen LogP contribution in [0.2, 0.25) is 0 Å². The molecule has 5 nitrogen and oxygen atoms in total. The second-order valence-corrected chi connectivity index (χ2v) is 8.43. The lowest BCUT2D eigenvalue weighted by molar-refractivity contribution is 0.102. The van der Waals surface area contributed by atoms with Gasteiger partial charge in [0.05, 0.1) is 9.79 Å². The highest BCUT2D eigenvalue weighted by Gasteiger charge is 2.18. The molecule has 3 N–H and O–H groups in total. The fraction of sp³-hybridized carbons (Fsp3) is 0. The van der Waals surface area contributed by atoms with Gasteiger partial charge in [0, 0.05) is 21.4 Å². The second-order valence-electron chi connectivity index (χ2n) is 5.57. The van der Waals surface area contributed by atoms with Crippen molar-refractivity contribution in [2.24, 2.45) is 0 Å². The lowest BCUT2D eigenvalue weighted by atomic mass is 10.2. The summed E-state index contributed by atoms with van der Waals surface area (Å²) >= 11 is 3.32. The first-order chi connectivity index (χ1) is 12.4. The van der Waals surface area contributed by atoms with Gasteiger partial charge in [-0.25, -0.2) is 8.42 Å². The number of benzene rings is 3. The van der Waals surface area contributed by atoms with Crippen LogP contribution < -0.4 is 11.1 Å². The van der Waals surface area contributed by atoms with Crippen LogP contribution in [-0.4, -0.2) is 14.3 Å². The number of nitrogens with one attached hydrogen (secondary N) is 1. The van der Waals surface area contributed by atoms with Gasteiger partial charge in [-0.3, -0.25) is 4.79 Å². The number of amides is 1. The standard InChI is InChI=1S/C19H15BrN2O3S/c20-14-5-1-4-13(10-14)19(23)22-16-7-3-9-18(12-16)26(24,25)17-8-2-6-15(21)11-17/h1-12H,21H2,(H,22,23). The molecule has 0 heterocycles. The fourth-order valence-corrected chi connectivity index (χ4v) is 4.15. The molecule has 0 aliphatic heterocycles. The SMILES string of the molecule is Nc1cccc(S(=O)(=O)c2cccc(NC(=O)c3cccc(Br)c3)c2)c1. The van der Waals surface area contributed by atoms with Crippen LogP contribution in [0.3, 0.4) is 0 Å². The molecule has 0 saturated carbocycles. The van der Waals surface area contributed by atoms with Crippen molar-refractivity contribution in [1.82, 2.24) is 0 Å². The quantitative estimate of drug-likeness (QED) is 0.609. The Morgan fingerprint density at radius 1 is 0.885 bits per heavy atom. The van der Waals surface area contributed by atoms with Crippen molar-refractivity contribution in [1.29, 1.82) is 0 Å². The van der Waals surface area contributed by atoms with Crippen molar-refractivity contribution in [3.63, 3.8) is 0 Å². The zero-order chi connectivity index (χ0) is 18.7. The lowest BCUT2D eigenvalue weighted by Gasteiger charge is -2.09. The number of nitrogen functional groups attached to an aromatic ring is 1. The van der Waals surface area contributed by atoms with E-state index in [1.807, 2.05) is 6.07 Å². The number of carbonyl (C=O) groups is 1. The van der Waals surface area contributed by atoms with Gasteiger partial charge in [0.15, 0.2) is 0 Å². The van der Waals surface area contributed by atoms with E-state index in [1.54, 1.807) is 42.5 Å². The number of hydrogen-bond acceptors (Lipinski definition) is 4. The van der Waals surface area contributed by atoms with Gasteiger partial charge in [-0.1, -0.05) is 34.1 Å². The molecule has 0 spiro atoms. The molecular weight excluding hydrogens is 416 g/mol. The van der Waals surface area contributed by atoms with Gasteiger partial charge in [-0.05, 0) is 54.6 Å². The second kappa shape index (κ2) is 7.31. The van der Waals surface area contributed by atoms with Crippen LogP contribution in [0.15, 0.2) is 87.1 Å². The van der Waals surface area contributed by atoms with Crippen molar-refractivity contribution in [2.75, 3.05) is 11.1 Å². The highest BCUT2D eigenvalue weighted by atomic mass is 79.9. The Hall–Kier alpha value is -2.64. The normalized spacial score (nSPS) is 11.1. The summed E-state index contributed by atoms with van der Waals surface area (Å²) in [5.41, 5.74) is 6.90. The maximum Gasteiger partial charge on any atom is 0.255 e. The van der Waals surface area contributed by atoms with Gasteiger partial charge in [0.2, 0.25) is 9.84 Å². The third kappa shape index (κ3) is 3.95. The lowest BCUT2D eigenvalue weighted by Crippen LogP contribution is -2.12. The number of carbonyl (C=O) groups excluding carboxylic acids is 1. The first-order valence-electron chi connectivity index (χ1n) is 7.64. The monoisotopic (exact) mass is 430 g/mol. The molecule has 0 aliphatic carbocycles. The molecule has 0 fully saturated rings. The summed E-state index contributed by atoms with van der Waals surface area (Å²) in [5, 5.41) is 2.71. The first-order valence-corrected chi connectivity index (χ1v) is 9.91. The molecule has 26 heavy (non-hydrogen) atoms. The number of anilines is 2. The molecule has 0 saturated heterocycles. The topological polar surface area (TPSA) is 89.3 Å². The maximum atomic E-state index is 12.8. The highest BCUT2D eigenvalue weighted by Crippen LogP contribution is 2.25. The van der Waals surface area contributed by atoms with Gasteiger partial charge >= 0.3 is 0 Å². The van der Waals surface area contributed by atoms with Crippen molar-refractivity contribution in [3.05, 3.63) is 82.8 Å². The van der Waals surface area contributed by atoms with Gasteiger partial charge in [-0.15, -0.1) is 0 Å². The van der Waals surface area contributed by atoms with E-state index < -0.39 is 9.84 Å². The van der Waals surface area contributed by atoms with Crippen molar-refractivity contribution in [3.8, 4) is 0 Å². The number of rotatable bonds is 4. The smallest absolute Gasteiger partial charge is 0.255 e. The molecule has 3 aromatic carbocycles. The molecule has 3 aromatic rings. The van der Waals surface area contributed by atoms with Crippen LogP contribution in [-0.2, 0) is 9.84 Å². The third-order valence-electron chi connectivity index (χ3n) is 3.66. The molecule has 0 aliphatic rings. The van der Waals surface area contributed by atoms with E-state index in [1.165, 1.54) is 24.3 Å². The van der Waals surface area contributed by atoms with E-state index in [2.05, 4.69) is 21.2 Å². The molecule has 0 unspecified atom stereocenters. The van der Waals surface area contributed by atoms with Gasteiger partial charge in [-0.2, -0.15) is 0 Å². The average Bonchev–Trinajstić information content (AvgIpc) is 2.62. The first kappa shape index (κ1) is 18.2. The Labute approximate surface area is 159 Å². The van der Waals surface area contributed by atoms with Crippen molar-refractivity contribution < 1.29 is 13.2 Å². The zero-order valence-electron chi connectivity index (χ0n) is 13.5. The van der Waals surface area contributed by atoms with Gasteiger partial charge in [0.1, 0.15) is 0 Å². The van der Waals surface area contributed by atoms with Crippen LogP contribution >= 0.6 is 15.9 Å². The Bertz CT molecular complexity index is 1080. The van der Waals surface area contributed by atoms with E-state index in [9.17, 15) is 13.2 Å². The molecule has 3 rings (SSSR count). The number of hydrogen-bond donors (Lipinski definition) is 2. The predicted octanol–water partition coefficient (Wildman–Crippen LogP) is 4.12. The van der Waals surface area contributed by atoms with Crippen LogP contribution in [0.1, 0.15) is 10.4 Å². The van der Waals surface area contributed by atoms with Gasteiger partial charge < -0.3 is 11.1 Å². The number of nitrogens with two attached hydrogens (primary N) is 1. The summed E-state index contributed by atoms with van der Waals surface area (Å²) in [6, 6.07) is 19.1. The van der Waals surface area contributed by atoms with Crippen LogP contribution in [0.25, 0.3) is 0 Å². The van der Waals surface area contributed by atoms with Crippen LogP contribution in [0.4, 0.5) is 11.4 Å². The minimum Gasteiger partial charge on any atom is -0.399 e. The maximum absolute atomic E-state index is 12.8. The number of sulfone groups is 1. The molecule has 0 atom stereocenters.